The molecule has 1 aliphatic rings. The number of carbonyl (C=O) groups is 1. The van der Waals surface area contributed by atoms with E-state index in [4.69, 9.17) is 9.47 Å². The largest absolute Gasteiger partial charge is 0.491 e. The van der Waals surface area contributed by atoms with E-state index in [1.54, 1.807) is 18.4 Å². The number of benzene rings is 1. The van der Waals surface area contributed by atoms with E-state index in [0.29, 0.717) is 26.2 Å². The fourth-order valence-electron chi connectivity index (χ4n) is 4.14. The number of carbonyl (C=O) groups excluding carboxylic acids is 1. The number of thiophene rings is 1. The maximum atomic E-state index is 13.3. The first-order valence-electron chi connectivity index (χ1n) is 10.9. The molecule has 0 spiro atoms. The number of likely N-dealkylation sites (N-methyl/N-ethyl adjacent to an activating group) is 1. The molecule has 1 aromatic carbocycles. The standard InChI is InChI=1S/C24H34N2O4S/c1-5-25(13-19(27)15-29-4)14-24(28)26-10-8-23-20(9-11-31-23)21(26)16-30-22-7-6-17(2)12-18(22)3/h6-7,9,11-12,19,21,27H,5,8,10,13-16H2,1-4H3/t19-,21+/m1/s1. The number of hydrogen-bond donors (Lipinski definition) is 1. The molecule has 170 valence electrons. The van der Waals surface area contributed by atoms with Crippen LogP contribution in [0.1, 0.15) is 34.5 Å². The van der Waals surface area contributed by atoms with E-state index in [2.05, 4.69) is 24.4 Å². The lowest BCUT2D eigenvalue weighted by Gasteiger charge is -2.37. The van der Waals surface area contributed by atoms with Gasteiger partial charge in [0.15, 0.2) is 0 Å². The number of aryl methyl sites for hydroxylation is 2. The fraction of sp³-hybridized carbons (Fsp3) is 0.542. The van der Waals surface area contributed by atoms with Gasteiger partial charge in [-0.05, 0) is 55.5 Å². The summed E-state index contributed by atoms with van der Waals surface area (Å²) in [5.74, 6) is 0.927. The van der Waals surface area contributed by atoms with Gasteiger partial charge in [0.05, 0.1) is 25.3 Å². The average molecular weight is 447 g/mol. The number of methoxy groups -OCH3 is 1. The molecule has 0 aliphatic carbocycles. The van der Waals surface area contributed by atoms with Crippen molar-refractivity contribution in [1.82, 2.24) is 9.80 Å². The van der Waals surface area contributed by atoms with E-state index < -0.39 is 6.10 Å². The molecule has 6 nitrogen and oxygen atoms in total. The first-order valence-corrected chi connectivity index (χ1v) is 11.8. The lowest BCUT2D eigenvalue weighted by Crippen LogP contribution is -2.48. The number of aliphatic hydroxyl groups excluding tert-OH is 1. The molecule has 2 atom stereocenters. The minimum atomic E-state index is -0.605. The molecule has 31 heavy (non-hydrogen) atoms. The van der Waals surface area contributed by atoms with Crippen molar-refractivity contribution in [1.29, 1.82) is 0 Å². The normalized spacial score (nSPS) is 17.0. The molecule has 0 saturated heterocycles. The third kappa shape index (κ3) is 6.07. The Kier molecular flexibility index (Phi) is 8.49. The van der Waals surface area contributed by atoms with E-state index in [0.717, 1.165) is 17.7 Å². The number of aliphatic hydroxyl groups is 1. The molecule has 1 aliphatic heterocycles. The predicted molar refractivity (Wildman–Crippen MR) is 124 cm³/mol. The smallest absolute Gasteiger partial charge is 0.237 e. The molecule has 0 bridgehead atoms. The molecule has 1 aromatic heterocycles. The van der Waals surface area contributed by atoms with Crippen LogP contribution in [0, 0.1) is 13.8 Å². The van der Waals surface area contributed by atoms with Gasteiger partial charge < -0.3 is 19.5 Å². The molecule has 0 radical (unpaired) electrons. The average Bonchev–Trinajstić information content (AvgIpc) is 3.21. The molecular weight excluding hydrogens is 412 g/mol. The van der Waals surface area contributed by atoms with Crippen LogP contribution in [-0.4, -0.2) is 73.4 Å². The fourth-order valence-corrected chi connectivity index (χ4v) is 5.06. The Balaban J connectivity index is 1.72. The van der Waals surface area contributed by atoms with Gasteiger partial charge in [-0.2, -0.15) is 0 Å². The monoisotopic (exact) mass is 446 g/mol. The van der Waals surface area contributed by atoms with Crippen molar-refractivity contribution in [3.8, 4) is 5.75 Å². The first kappa shape index (κ1) is 23.7. The second-order valence-corrected chi connectivity index (χ2v) is 9.17. The SMILES string of the molecule is CCN(CC(=O)N1CCc2sccc2[C@@H]1COc1ccc(C)cc1C)C[C@@H](O)COC. The maximum absolute atomic E-state index is 13.3. The summed E-state index contributed by atoms with van der Waals surface area (Å²) >= 11 is 1.75. The van der Waals surface area contributed by atoms with Crippen LogP contribution in [0.4, 0.5) is 0 Å². The predicted octanol–water partition coefficient (Wildman–Crippen LogP) is 3.20. The van der Waals surface area contributed by atoms with Gasteiger partial charge in [-0.1, -0.05) is 24.6 Å². The Morgan fingerprint density at radius 2 is 2.16 bits per heavy atom. The quantitative estimate of drug-likeness (QED) is 0.607. The number of nitrogens with zero attached hydrogens (tertiary/aromatic N) is 2. The third-order valence-electron chi connectivity index (χ3n) is 5.78. The van der Waals surface area contributed by atoms with Gasteiger partial charge >= 0.3 is 0 Å². The zero-order valence-electron chi connectivity index (χ0n) is 19.0. The summed E-state index contributed by atoms with van der Waals surface area (Å²) in [5, 5.41) is 12.2. The molecule has 0 unspecified atom stereocenters. The van der Waals surface area contributed by atoms with Crippen LogP contribution in [0.25, 0.3) is 0 Å². The van der Waals surface area contributed by atoms with Crippen molar-refractivity contribution in [2.24, 2.45) is 0 Å². The van der Waals surface area contributed by atoms with E-state index in [-0.39, 0.29) is 25.1 Å². The minimum Gasteiger partial charge on any atom is -0.491 e. The van der Waals surface area contributed by atoms with Crippen LogP contribution in [-0.2, 0) is 16.0 Å². The van der Waals surface area contributed by atoms with Gasteiger partial charge in [0.1, 0.15) is 12.4 Å². The molecule has 0 fully saturated rings. The van der Waals surface area contributed by atoms with Crippen LogP contribution in [0.15, 0.2) is 29.6 Å². The van der Waals surface area contributed by atoms with Crippen LogP contribution >= 0.6 is 11.3 Å². The van der Waals surface area contributed by atoms with Gasteiger partial charge in [0, 0.05) is 25.1 Å². The van der Waals surface area contributed by atoms with Crippen LogP contribution < -0.4 is 4.74 Å². The molecule has 0 saturated carbocycles. The third-order valence-corrected chi connectivity index (χ3v) is 6.77. The summed E-state index contributed by atoms with van der Waals surface area (Å²) < 4.78 is 11.2. The molecule has 3 rings (SSSR count). The number of fused-ring (bicyclic) bond motifs is 1. The number of amides is 1. The number of ether oxygens (including phenoxy) is 2. The Morgan fingerprint density at radius 3 is 2.87 bits per heavy atom. The van der Waals surface area contributed by atoms with Crippen molar-refractivity contribution in [2.75, 3.05) is 46.5 Å². The summed E-state index contributed by atoms with van der Waals surface area (Å²) in [5.41, 5.74) is 3.50. The van der Waals surface area contributed by atoms with Crippen LogP contribution in [0.3, 0.4) is 0 Å². The molecule has 7 heteroatoms. The molecule has 1 N–H and O–H groups in total. The summed E-state index contributed by atoms with van der Waals surface area (Å²) in [6.45, 7) is 8.87. The summed E-state index contributed by atoms with van der Waals surface area (Å²) in [4.78, 5) is 18.5. The highest BCUT2D eigenvalue weighted by molar-refractivity contribution is 7.10. The summed E-state index contributed by atoms with van der Waals surface area (Å²) in [6, 6.07) is 8.18. The van der Waals surface area contributed by atoms with Crippen molar-refractivity contribution in [2.45, 2.75) is 39.3 Å². The Bertz CT molecular complexity index is 869. The summed E-state index contributed by atoms with van der Waals surface area (Å²) in [7, 11) is 1.57. The zero-order valence-corrected chi connectivity index (χ0v) is 19.8. The van der Waals surface area contributed by atoms with Crippen LogP contribution in [0.2, 0.25) is 0 Å². The van der Waals surface area contributed by atoms with Crippen molar-refractivity contribution < 1.29 is 19.4 Å². The topological polar surface area (TPSA) is 62.2 Å². The van der Waals surface area contributed by atoms with E-state index in [1.165, 1.54) is 16.0 Å². The molecule has 1 amide bonds. The highest BCUT2D eigenvalue weighted by atomic mass is 32.1. The second kappa shape index (κ2) is 11.1. The van der Waals surface area contributed by atoms with Crippen molar-refractivity contribution in [3.05, 3.63) is 51.2 Å². The van der Waals surface area contributed by atoms with Gasteiger partial charge in [-0.3, -0.25) is 9.69 Å². The molecule has 2 heterocycles. The van der Waals surface area contributed by atoms with E-state index >= 15 is 0 Å². The molecule has 2 aromatic rings. The minimum absolute atomic E-state index is 0.0672. The highest BCUT2D eigenvalue weighted by Crippen LogP contribution is 2.34. The van der Waals surface area contributed by atoms with Gasteiger partial charge in [-0.15, -0.1) is 11.3 Å². The summed E-state index contributed by atoms with van der Waals surface area (Å²) in [6.07, 6.45) is 0.267. The Morgan fingerprint density at radius 1 is 1.35 bits per heavy atom. The first-order chi connectivity index (χ1) is 14.9. The number of hydrogen-bond acceptors (Lipinski definition) is 6. The van der Waals surface area contributed by atoms with Crippen molar-refractivity contribution >= 4 is 17.2 Å². The zero-order chi connectivity index (χ0) is 22.4. The Labute approximate surface area is 189 Å². The maximum Gasteiger partial charge on any atom is 0.237 e. The van der Waals surface area contributed by atoms with E-state index in [9.17, 15) is 9.90 Å². The Hall–Kier alpha value is -1.93. The van der Waals surface area contributed by atoms with Gasteiger partial charge in [0.2, 0.25) is 5.91 Å². The molecular formula is C24H34N2O4S. The van der Waals surface area contributed by atoms with Gasteiger partial charge in [-0.25, -0.2) is 0 Å². The van der Waals surface area contributed by atoms with E-state index in [1.807, 2.05) is 35.8 Å². The van der Waals surface area contributed by atoms with Crippen LogP contribution in [0.5, 0.6) is 5.75 Å². The van der Waals surface area contributed by atoms with Gasteiger partial charge in [0.25, 0.3) is 0 Å². The lowest BCUT2D eigenvalue weighted by molar-refractivity contribution is -0.136. The second-order valence-electron chi connectivity index (χ2n) is 8.17. The lowest BCUT2D eigenvalue weighted by atomic mass is 10.00. The highest BCUT2D eigenvalue weighted by Gasteiger charge is 2.33. The number of rotatable bonds is 10. The van der Waals surface area contributed by atoms with Crippen molar-refractivity contribution in [3.63, 3.8) is 0 Å².